The normalized spacial score (nSPS) is 22.6. The fourth-order valence-electron chi connectivity index (χ4n) is 2.59. The largest absolute Gasteiger partial charge is 0.396 e. The molecule has 4 nitrogen and oxygen atoms in total. The van der Waals surface area contributed by atoms with Crippen LogP contribution in [0.1, 0.15) is 46.5 Å². The van der Waals surface area contributed by atoms with E-state index in [1.54, 1.807) is 0 Å². The summed E-state index contributed by atoms with van der Waals surface area (Å²) in [6.07, 6.45) is 3.62. The fraction of sp³-hybridized carbons (Fsp3) is 0.929. The number of amides is 1. The fourth-order valence-corrected chi connectivity index (χ4v) is 2.59. The van der Waals surface area contributed by atoms with Gasteiger partial charge >= 0.3 is 0 Å². The molecule has 4 heteroatoms. The number of carbonyl (C=O) groups is 1. The molecule has 18 heavy (non-hydrogen) atoms. The van der Waals surface area contributed by atoms with Gasteiger partial charge in [0.2, 0.25) is 5.91 Å². The van der Waals surface area contributed by atoms with Crippen molar-refractivity contribution < 1.29 is 9.90 Å². The predicted molar refractivity (Wildman–Crippen MR) is 73.3 cm³/mol. The van der Waals surface area contributed by atoms with Crippen molar-refractivity contribution in [2.75, 3.05) is 19.7 Å². The van der Waals surface area contributed by atoms with E-state index >= 15 is 0 Å². The molecule has 2 atom stereocenters. The van der Waals surface area contributed by atoms with E-state index in [4.69, 9.17) is 5.11 Å². The van der Waals surface area contributed by atoms with E-state index in [1.807, 2.05) is 13.8 Å². The minimum atomic E-state index is -0.309. The average Bonchev–Trinajstić information content (AvgIpc) is 2.28. The second-order valence-corrected chi connectivity index (χ2v) is 6.19. The van der Waals surface area contributed by atoms with Crippen LogP contribution < -0.4 is 10.6 Å². The Labute approximate surface area is 111 Å². The van der Waals surface area contributed by atoms with Gasteiger partial charge in [-0.1, -0.05) is 6.92 Å². The number of hydrogen-bond donors (Lipinski definition) is 3. The molecule has 1 amide bonds. The molecule has 1 fully saturated rings. The Morgan fingerprint density at radius 2 is 2.28 bits per heavy atom. The van der Waals surface area contributed by atoms with Crippen LogP contribution in [0.15, 0.2) is 0 Å². The number of piperidine rings is 1. The summed E-state index contributed by atoms with van der Waals surface area (Å²) in [7, 11) is 0. The van der Waals surface area contributed by atoms with Gasteiger partial charge in [0.1, 0.15) is 0 Å². The molecule has 1 rings (SSSR count). The molecule has 1 heterocycles. The highest BCUT2D eigenvalue weighted by atomic mass is 16.3. The maximum atomic E-state index is 12.0. The summed E-state index contributed by atoms with van der Waals surface area (Å²) >= 11 is 0. The van der Waals surface area contributed by atoms with E-state index in [0.29, 0.717) is 24.7 Å². The van der Waals surface area contributed by atoms with Gasteiger partial charge in [-0.25, -0.2) is 0 Å². The Balaban J connectivity index is 2.34. The summed E-state index contributed by atoms with van der Waals surface area (Å²) in [6, 6.07) is 0. The monoisotopic (exact) mass is 256 g/mol. The molecule has 0 aromatic heterocycles. The lowest BCUT2D eigenvalue weighted by Crippen LogP contribution is -2.45. The van der Waals surface area contributed by atoms with Crippen molar-refractivity contribution in [1.82, 2.24) is 10.6 Å². The van der Waals surface area contributed by atoms with Crippen LogP contribution in [-0.2, 0) is 4.79 Å². The molecule has 3 N–H and O–H groups in total. The summed E-state index contributed by atoms with van der Waals surface area (Å²) < 4.78 is 0. The van der Waals surface area contributed by atoms with E-state index in [9.17, 15) is 4.79 Å². The van der Waals surface area contributed by atoms with Gasteiger partial charge < -0.3 is 15.7 Å². The van der Waals surface area contributed by atoms with Gasteiger partial charge in [-0.15, -0.1) is 0 Å². The minimum absolute atomic E-state index is 0.103. The van der Waals surface area contributed by atoms with Crippen molar-refractivity contribution in [3.05, 3.63) is 0 Å². The number of aliphatic hydroxyl groups excluding tert-OH is 1. The first kappa shape index (κ1) is 15.4. The van der Waals surface area contributed by atoms with E-state index < -0.39 is 0 Å². The topological polar surface area (TPSA) is 61.4 Å². The molecule has 106 valence electrons. The Bertz CT molecular complexity index is 261. The van der Waals surface area contributed by atoms with E-state index in [0.717, 1.165) is 13.1 Å². The predicted octanol–water partition coefficient (Wildman–Crippen LogP) is 1.29. The van der Waals surface area contributed by atoms with Gasteiger partial charge in [-0.2, -0.15) is 0 Å². The first-order valence-corrected chi connectivity index (χ1v) is 7.07. The minimum Gasteiger partial charge on any atom is -0.396 e. The van der Waals surface area contributed by atoms with Crippen molar-refractivity contribution in [2.45, 2.75) is 52.0 Å². The SMILES string of the molecule is CC(CC(=O)NC(C)(C)CCO)C1CCCNC1. The molecule has 0 aliphatic carbocycles. The molecule has 0 bridgehead atoms. The molecule has 0 aromatic rings. The third-order valence-corrected chi connectivity index (χ3v) is 3.86. The summed E-state index contributed by atoms with van der Waals surface area (Å²) in [5.41, 5.74) is -0.309. The van der Waals surface area contributed by atoms with Gasteiger partial charge in [0.15, 0.2) is 0 Å². The Kier molecular flexibility index (Phi) is 6.09. The highest BCUT2D eigenvalue weighted by Gasteiger charge is 2.25. The molecule has 1 saturated heterocycles. The summed E-state index contributed by atoms with van der Waals surface area (Å²) in [5, 5.41) is 15.3. The molecule has 0 saturated carbocycles. The van der Waals surface area contributed by atoms with Crippen LogP contribution in [0.2, 0.25) is 0 Å². The van der Waals surface area contributed by atoms with Crippen LogP contribution in [0.4, 0.5) is 0 Å². The zero-order valence-electron chi connectivity index (χ0n) is 12.0. The quantitative estimate of drug-likeness (QED) is 0.671. The second-order valence-electron chi connectivity index (χ2n) is 6.19. The standard InChI is InChI=1S/C14H28N2O2/c1-11(12-5-4-7-15-10-12)9-13(18)16-14(2,3)6-8-17/h11-12,15,17H,4-10H2,1-3H3,(H,16,18). The third kappa shape index (κ3) is 5.36. The third-order valence-electron chi connectivity index (χ3n) is 3.86. The smallest absolute Gasteiger partial charge is 0.220 e. The van der Waals surface area contributed by atoms with Crippen LogP contribution in [0, 0.1) is 11.8 Å². The van der Waals surface area contributed by atoms with Crippen LogP contribution in [0.25, 0.3) is 0 Å². The van der Waals surface area contributed by atoms with Crippen LogP contribution in [0.3, 0.4) is 0 Å². The Morgan fingerprint density at radius 3 is 2.83 bits per heavy atom. The summed E-state index contributed by atoms with van der Waals surface area (Å²) in [4.78, 5) is 12.0. The molecule has 0 radical (unpaired) electrons. The number of rotatable bonds is 6. The molecule has 0 aromatic carbocycles. The maximum absolute atomic E-state index is 12.0. The van der Waals surface area contributed by atoms with Crippen LogP contribution >= 0.6 is 0 Å². The van der Waals surface area contributed by atoms with Crippen LogP contribution in [0.5, 0.6) is 0 Å². The summed E-state index contributed by atoms with van der Waals surface area (Å²) in [5.74, 6) is 1.14. The highest BCUT2D eigenvalue weighted by molar-refractivity contribution is 5.76. The number of nitrogens with one attached hydrogen (secondary N) is 2. The van der Waals surface area contributed by atoms with Crippen molar-refractivity contribution in [2.24, 2.45) is 11.8 Å². The Hall–Kier alpha value is -0.610. The molecule has 0 spiro atoms. The lowest BCUT2D eigenvalue weighted by atomic mass is 9.85. The number of aliphatic hydroxyl groups is 1. The van der Waals surface area contributed by atoms with Crippen molar-refractivity contribution in [3.8, 4) is 0 Å². The summed E-state index contributed by atoms with van der Waals surface area (Å²) in [6.45, 7) is 8.32. The zero-order chi connectivity index (χ0) is 13.6. The van der Waals surface area contributed by atoms with E-state index in [-0.39, 0.29) is 18.1 Å². The highest BCUT2D eigenvalue weighted by Crippen LogP contribution is 2.22. The molecule has 1 aliphatic rings. The van der Waals surface area contributed by atoms with Crippen molar-refractivity contribution in [3.63, 3.8) is 0 Å². The maximum Gasteiger partial charge on any atom is 0.220 e. The van der Waals surface area contributed by atoms with Crippen LogP contribution in [-0.4, -0.2) is 36.2 Å². The van der Waals surface area contributed by atoms with Gasteiger partial charge in [0.25, 0.3) is 0 Å². The first-order chi connectivity index (χ1) is 8.44. The lowest BCUT2D eigenvalue weighted by Gasteiger charge is -2.30. The van der Waals surface area contributed by atoms with E-state index in [2.05, 4.69) is 17.6 Å². The van der Waals surface area contributed by atoms with Gasteiger partial charge in [0, 0.05) is 18.6 Å². The van der Waals surface area contributed by atoms with Crippen molar-refractivity contribution >= 4 is 5.91 Å². The number of carbonyl (C=O) groups excluding carboxylic acids is 1. The Morgan fingerprint density at radius 1 is 1.56 bits per heavy atom. The number of hydrogen-bond acceptors (Lipinski definition) is 3. The molecular formula is C14H28N2O2. The molecule has 1 aliphatic heterocycles. The molecular weight excluding hydrogens is 228 g/mol. The van der Waals surface area contributed by atoms with Crippen molar-refractivity contribution in [1.29, 1.82) is 0 Å². The van der Waals surface area contributed by atoms with Gasteiger partial charge in [-0.3, -0.25) is 4.79 Å². The molecule has 2 unspecified atom stereocenters. The van der Waals surface area contributed by atoms with Gasteiger partial charge in [-0.05, 0) is 58.0 Å². The van der Waals surface area contributed by atoms with E-state index in [1.165, 1.54) is 12.8 Å². The lowest BCUT2D eigenvalue weighted by molar-refractivity contribution is -0.124. The second kappa shape index (κ2) is 7.10. The zero-order valence-corrected chi connectivity index (χ0v) is 12.0. The average molecular weight is 256 g/mol. The van der Waals surface area contributed by atoms with Gasteiger partial charge in [0.05, 0.1) is 0 Å². The first-order valence-electron chi connectivity index (χ1n) is 7.07.